The van der Waals surface area contributed by atoms with Gasteiger partial charge in [-0.3, -0.25) is 4.79 Å². The van der Waals surface area contributed by atoms with Crippen molar-refractivity contribution in [2.24, 2.45) is 13.0 Å². The fraction of sp³-hybridized carbons (Fsp3) is 0.750. The lowest BCUT2D eigenvalue weighted by atomic mass is 9.80. The summed E-state index contributed by atoms with van der Waals surface area (Å²) in [6.45, 7) is 1.88. The van der Waals surface area contributed by atoms with E-state index in [0.29, 0.717) is 31.4 Å². The number of aliphatic hydroxyl groups is 1. The van der Waals surface area contributed by atoms with Crippen molar-refractivity contribution >= 4 is 17.7 Å². The summed E-state index contributed by atoms with van der Waals surface area (Å²) in [5, 5.41) is 28.2. The molecule has 0 spiro atoms. The highest BCUT2D eigenvalue weighted by atomic mass is 32.2. The molecule has 1 aromatic rings. The molecule has 0 saturated heterocycles. The van der Waals surface area contributed by atoms with Crippen LogP contribution >= 0.6 is 11.8 Å². The van der Waals surface area contributed by atoms with E-state index in [4.69, 9.17) is 5.11 Å². The normalized spacial score (nSPS) is 27.4. The van der Waals surface area contributed by atoms with Gasteiger partial charge in [-0.25, -0.2) is 0 Å². The van der Waals surface area contributed by atoms with Crippen LogP contribution in [0.1, 0.15) is 31.5 Å². The highest BCUT2D eigenvalue weighted by Crippen LogP contribution is 2.35. The molecule has 0 radical (unpaired) electrons. The van der Waals surface area contributed by atoms with Crippen molar-refractivity contribution in [1.82, 2.24) is 14.8 Å². The average Bonchev–Trinajstić information content (AvgIpc) is 2.68. The van der Waals surface area contributed by atoms with Gasteiger partial charge in [0.05, 0.1) is 11.5 Å². The van der Waals surface area contributed by atoms with Crippen molar-refractivity contribution in [3.8, 4) is 0 Å². The van der Waals surface area contributed by atoms with Gasteiger partial charge in [0.1, 0.15) is 5.82 Å². The van der Waals surface area contributed by atoms with E-state index in [9.17, 15) is 9.90 Å². The molecule has 19 heavy (non-hydrogen) atoms. The number of nitrogens with zero attached hydrogens (tertiary/aromatic N) is 3. The summed E-state index contributed by atoms with van der Waals surface area (Å²) in [5.74, 6) is 0.316. The minimum Gasteiger partial charge on any atom is -0.481 e. The zero-order chi connectivity index (χ0) is 14.0. The van der Waals surface area contributed by atoms with Crippen molar-refractivity contribution in [2.45, 2.75) is 43.4 Å². The molecule has 0 aromatic carbocycles. The highest BCUT2D eigenvalue weighted by molar-refractivity contribution is 7.99. The number of aryl methyl sites for hydroxylation is 1. The Bertz CT molecular complexity index is 467. The topological polar surface area (TPSA) is 88.2 Å². The molecule has 1 saturated carbocycles. The van der Waals surface area contributed by atoms with E-state index < -0.39 is 11.6 Å². The number of aliphatic carboxylic acids is 1. The largest absolute Gasteiger partial charge is 0.481 e. The van der Waals surface area contributed by atoms with Crippen molar-refractivity contribution in [3.63, 3.8) is 0 Å². The van der Waals surface area contributed by atoms with E-state index in [2.05, 4.69) is 10.2 Å². The first-order valence-corrected chi connectivity index (χ1v) is 7.34. The molecule has 1 aromatic heterocycles. The van der Waals surface area contributed by atoms with Crippen LogP contribution in [0.3, 0.4) is 0 Å². The van der Waals surface area contributed by atoms with Crippen LogP contribution in [0, 0.1) is 12.8 Å². The van der Waals surface area contributed by atoms with Gasteiger partial charge in [-0.1, -0.05) is 11.8 Å². The van der Waals surface area contributed by atoms with Gasteiger partial charge >= 0.3 is 5.97 Å². The molecule has 0 bridgehead atoms. The number of thioether (sulfide) groups is 1. The van der Waals surface area contributed by atoms with Crippen molar-refractivity contribution < 1.29 is 15.0 Å². The Hall–Kier alpha value is -1.08. The van der Waals surface area contributed by atoms with E-state index in [1.807, 2.05) is 18.5 Å². The summed E-state index contributed by atoms with van der Waals surface area (Å²) in [6, 6.07) is 0. The van der Waals surface area contributed by atoms with Gasteiger partial charge < -0.3 is 14.8 Å². The predicted octanol–water partition coefficient (Wildman–Crippen LogP) is 1.22. The number of carbonyl (C=O) groups is 1. The van der Waals surface area contributed by atoms with E-state index in [0.717, 1.165) is 11.0 Å². The molecule has 106 valence electrons. The molecule has 0 unspecified atom stereocenters. The summed E-state index contributed by atoms with van der Waals surface area (Å²) in [6.07, 6.45) is 2.16. The van der Waals surface area contributed by atoms with Gasteiger partial charge in [0.15, 0.2) is 5.16 Å². The van der Waals surface area contributed by atoms with Crippen LogP contribution in [0.2, 0.25) is 0 Å². The summed E-state index contributed by atoms with van der Waals surface area (Å²) >= 11 is 1.47. The maximum atomic E-state index is 10.9. The average molecular weight is 285 g/mol. The second-order valence-corrected chi connectivity index (χ2v) is 6.16. The number of carboxylic acid groups (broad SMARTS) is 1. The van der Waals surface area contributed by atoms with E-state index in [1.165, 1.54) is 11.8 Å². The number of carboxylic acids is 1. The quantitative estimate of drug-likeness (QED) is 0.809. The fourth-order valence-corrected chi connectivity index (χ4v) is 3.37. The molecular weight excluding hydrogens is 266 g/mol. The van der Waals surface area contributed by atoms with Crippen LogP contribution in [0.25, 0.3) is 0 Å². The summed E-state index contributed by atoms with van der Waals surface area (Å²) in [7, 11) is 1.89. The fourth-order valence-electron chi connectivity index (χ4n) is 2.26. The van der Waals surface area contributed by atoms with Gasteiger partial charge in [-0.05, 0) is 32.6 Å². The third kappa shape index (κ3) is 3.27. The minimum absolute atomic E-state index is 0.303. The van der Waals surface area contributed by atoms with E-state index in [1.54, 1.807) is 0 Å². The molecule has 1 aliphatic rings. The van der Waals surface area contributed by atoms with Crippen LogP contribution < -0.4 is 0 Å². The molecule has 1 heterocycles. The molecule has 0 amide bonds. The Kier molecular flexibility index (Phi) is 4.15. The lowest BCUT2D eigenvalue weighted by Gasteiger charge is -2.34. The SMILES string of the molecule is Cc1nnc(SCC2(O)CCC(C(=O)O)CC2)n1C. The first kappa shape index (κ1) is 14.3. The Morgan fingerprint density at radius 2 is 2.11 bits per heavy atom. The van der Waals surface area contributed by atoms with Crippen LogP contribution in [0.4, 0.5) is 0 Å². The molecule has 2 N–H and O–H groups in total. The van der Waals surface area contributed by atoms with E-state index in [-0.39, 0.29) is 5.92 Å². The first-order chi connectivity index (χ1) is 8.91. The van der Waals surface area contributed by atoms with Crippen molar-refractivity contribution in [1.29, 1.82) is 0 Å². The molecule has 7 heteroatoms. The lowest BCUT2D eigenvalue weighted by Crippen LogP contribution is -2.38. The molecular formula is C12H19N3O3S. The summed E-state index contributed by atoms with van der Waals surface area (Å²) in [5.41, 5.74) is -0.781. The Labute approximate surface area is 116 Å². The van der Waals surface area contributed by atoms with Crippen LogP contribution in [0.15, 0.2) is 5.16 Å². The Morgan fingerprint density at radius 1 is 1.47 bits per heavy atom. The predicted molar refractivity (Wildman–Crippen MR) is 71.0 cm³/mol. The van der Waals surface area contributed by atoms with Crippen molar-refractivity contribution in [3.05, 3.63) is 5.82 Å². The third-order valence-corrected chi connectivity index (χ3v) is 5.08. The van der Waals surface area contributed by atoms with E-state index >= 15 is 0 Å². The number of rotatable bonds is 4. The third-order valence-electron chi connectivity index (χ3n) is 3.79. The van der Waals surface area contributed by atoms with Crippen LogP contribution in [-0.4, -0.2) is 42.3 Å². The molecule has 1 aliphatic carbocycles. The number of hydrogen-bond donors (Lipinski definition) is 2. The highest BCUT2D eigenvalue weighted by Gasteiger charge is 2.36. The second-order valence-electron chi connectivity index (χ2n) is 5.21. The zero-order valence-corrected chi connectivity index (χ0v) is 12.0. The zero-order valence-electron chi connectivity index (χ0n) is 11.2. The van der Waals surface area contributed by atoms with Crippen molar-refractivity contribution in [2.75, 3.05) is 5.75 Å². The lowest BCUT2D eigenvalue weighted by molar-refractivity contribution is -0.144. The van der Waals surface area contributed by atoms with Crippen LogP contribution in [-0.2, 0) is 11.8 Å². The smallest absolute Gasteiger partial charge is 0.306 e. The van der Waals surface area contributed by atoms with Gasteiger partial charge in [-0.2, -0.15) is 0 Å². The van der Waals surface area contributed by atoms with Gasteiger partial charge in [-0.15, -0.1) is 10.2 Å². The minimum atomic E-state index is -0.781. The molecule has 0 atom stereocenters. The van der Waals surface area contributed by atoms with Gasteiger partial charge in [0.2, 0.25) is 0 Å². The second kappa shape index (κ2) is 5.50. The summed E-state index contributed by atoms with van der Waals surface area (Å²) in [4.78, 5) is 10.9. The molecule has 0 aliphatic heterocycles. The standard InChI is InChI=1S/C12H19N3O3S/c1-8-13-14-11(15(8)2)19-7-12(18)5-3-9(4-6-12)10(16)17/h9,18H,3-7H2,1-2H3,(H,16,17). The van der Waals surface area contributed by atoms with Crippen LogP contribution in [0.5, 0.6) is 0 Å². The summed E-state index contributed by atoms with van der Waals surface area (Å²) < 4.78 is 1.89. The Morgan fingerprint density at radius 3 is 2.58 bits per heavy atom. The molecule has 2 rings (SSSR count). The molecule has 6 nitrogen and oxygen atoms in total. The van der Waals surface area contributed by atoms with Gasteiger partial charge in [0, 0.05) is 12.8 Å². The van der Waals surface area contributed by atoms with Gasteiger partial charge in [0.25, 0.3) is 0 Å². The Balaban J connectivity index is 1.89. The monoisotopic (exact) mass is 285 g/mol. The molecule has 1 fully saturated rings. The maximum Gasteiger partial charge on any atom is 0.306 e. The number of aromatic nitrogens is 3. The maximum absolute atomic E-state index is 10.9. The first-order valence-electron chi connectivity index (χ1n) is 6.35. The number of hydrogen-bond acceptors (Lipinski definition) is 5.